The highest BCUT2D eigenvalue weighted by Gasteiger charge is 2.05. The van der Waals surface area contributed by atoms with E-state index in [1.807, 2.05) is 18.2 Å². The van der Waals surface area contributed by atoms with Crippen LogP contribution in [0.1, 0.15) is 19.4 Å². The highest BCUT2D eigenvalue weighted by atomic mass is 79.9. The second-order valence-electron chi connectivity index (χ2n) is 4.51. The normalized spacial score (nSPS) is 11.4. The molecule has 3 nitrogen and oxygen atoms in total. The molecular formula is C13H21BrN2O. The molecule has 0 aromatic heterocycles. The molecule has 0 unspecified atom stereocenters. The van der Waals surface area contributed by atoms with Crippen molar-refractivity contribution in [2.45, 2.75) is 26.5 Å². The van der Waals surface area contributed by atoms with Gasteiger partial charge in [0.1, 0.15) is 0 Å². The maximum absolute atomic E-state index is 5.78. The quantitative estimate of drug-likeness (QED) is 0.821. The Hall–Kier alpha value is -0.580. The molecule has 0 atom stereocenters. The smallest absolute Gasteiger partial charge is 0.0596 e. The molecule has 0 bridgehead atoms. The molecule has 0 aliphatic rings. The summed E-state index contributed by atoms with van der Waals surface area (Å²) in [4.78, 5) is 2.22. The molecule has 0 heterocycles. The van der Waals surface area contributed by atoms with Crippen molar-refractivity contribution in [2.24, 2.45) is 0 Å². The minimum atomic E-state index is 0.294. The van der Waals surface area contributed by atoms with E-state index in [9.17, 15) is 0 Å². The molecule has 0 aliphatic carbocycles. The van der Waals surface area contributed by atoms with Crippen molar-refractivity contribution in [3.05, 3.63) is 28.2 Å². The molecule has 1 rings (SSSR count). The number of anilines is 1. The van der Waals surface area contributed by atoms with Crippen LogP contribution in [0.15, 0.2) is 22.7 Å². The molecule has 0 aliphatic heterocycles. The Morgan fingerprint density at radius 2 is 2.12 bits per heavy atom. The van der Waals surface area contributed by atoms with Crippen molar-refractivity contribution in [3.8, 4) is 0 Å². The van der Waals surface area contributed by atoms with Crippen molar-refractivity contribution in [2.75, 3.05) is 25.9 Å². The van der Waals surface area contributed by atoms with Gasteiger partial charge >= 0.3 is 0 Å². The summed E-state index contributed by atoms with van der Waals surface area (Å²) >= 11 is 3.54. The number of rotatable bonds is 6. The maximum Gasteiger partial charge on any atom is 0.0596 e. The van der Waals surface area contributed by atoms with E-state index < -0.39 is 0 Å². The summed E-state index contributed by atoms with van der Waals surface area (Å²) in [5, 5.41) is 0. The van der Waals surface area contributed by atoms with Crippen molar-refractivity contribution in [1.82, 2.24) is 4.90 Å². The van der Waals surface area contributed by atoms with Crippen LogP contribution in [-0.4, -0.2) is 31.2 Å². The molecule has 0 fully saturated rings. The lowest BCUT2D eigenvalue weighted by Gasteiger charge is -2.18. The molecule has 1 aromatic rings. The number of hydrogen-bond acceptors (Lipinski definition) is 3. The second-order valence-corrected chi connectivity index (χ2v) is 5.36. The average molecular weight is 301 g/mol. The highest BCUT2D eigenvalue weighted by molar-refractivity contribution is 9.10. The van der Waals surface area contributed by atoms with E-state index in [0.717, 1.165) is 29.9 Å². The molecule has 4 heteroatoms. The lowest BCUT2D eigenvalue weighted by atomic mass is 10.2. The SMILES string of the molecule is CC(C)OCCN(C)Cc1cc(N)ccc1Br. The summed E-state index contributed by atoms with van der Waals surface area (Å²) in [6.07, 6.45) is 0.294. The highest BCUT2D eigenvalue weighted by Crippen LogP contribution is 2.20. The van der Waals surface area contributed by atoms with Gasteiger partial charge in [0, 0.05) is 23.2 Å². The molecule has 1 aromatic carbocycles. The second kappa shape index (κ2) is 6.99. The van der Waals surface area contributed by atoms with E-state index in [1.54, 1.807) is 0 Å². The first-order chi connectivity index (χ1) is 7.99. The standard InChI is InChI=1S/C13H21BrN2O/c1-10(2)17-7-6-16(3)9-11-8-12(15)4-5-13(11)14/h4-5,8,10H,6-7,9,15H2,1-3H3. The summed E-state index contributed by atoms with van der Waals surface area (Å²) in [5.41, 5.74) is 7.79. The largest absolute Gasteiger partial charge is 0.399 e. The third-order valence-electron chi connectivity index (χ3n) is 2.43. The molecule has 0 spiro atoms. The first kappa shape index (κ1) is 14.5. The molecule has 0 saturated carbocycles. The summed E-state index contributed by atoms with van der Waals surface area (Å²) in [7, 11) is 2.08. The van der Waals surface area contributed by atoms with Crippen LogP contribution in [0.3, 0.4) is 0 Å². The first-order valence-electron chi connectivity index (χ1n) is 5.83. The lowest BCUT2D eigenvalue weighted by Crippen LogP contribution is -2.24. The number of benzene rings is 1. The van der Waals surface area contributed by atoms with Gasteiger partial charge < -0.3 is 10.5 Å². The third-order valence-corrected chi connectivity index (χ3v) is 3.21. The number of ether oxygens (including phenoxy) is 1. The van der Waals surface area contributed by atoms with Gasteiger partial charge in [-0.15, -0.1) is 0 Å². The maximum atomic E-state index is 5.78. The fraction of sp³-hybridized carbons (Fsp3) is 0.538. The van der Waals surface area contributed by atoms with Crippen molar-refractivity contribution in [1.29, 1.82) is 0 Å². The Balaban J connectivity index is 2.44. The molecule has 0 radical (unpaired) electrons. The zero-order valence-electron chi connectivity index (χ0n) is 10.7. The van der Waals surface area contributed by atoms with Crippen molar-refractivity contribution >= 4 is 21.6 Å². The lowest BCUT2D eigenvalue weighted by molar-refractivity contribution is 0.0627. The molecule has 2 N–H and O–H groups in total. The van der Waals surface area contributed by atoms with Crippen LogP contribution in [0.4, 0.5) is 5.69 Å². The number of likely N-dealkylation sites (N-methyl/N-ethyl adjacent to an activating group) is 1. The van der Waals surface area contributed by atoms with Gasteiger partial charge in [0.25, 0.3) is 0 Å². The number of nitrogens with zero attached hydrogens (tertiary/aromatic N) is 1. The monoisotopic (exact) mass is 300 g/mol. The Labute approximate surface area is 112 Å². The van der Waals surface area contributed by atoms with E-state index >= 15 is 0 Å². The minimum Gasteiger partial charge on any atom is -0.399 e. The van der Waals surface area contributed by atoms with Crippen LogP contribution in [0.5, 0.6) is 0 Å². The third kappa shape index (κ3) is 5.52. The van der Waals surface area contributed by atoms with E-state index in [0.29, 0.717) is 6.10 Å². The predicted molar refractivity (Wildman–Crippen MR) is 76.0 cm³/mol. The van der Waals surface area contributed by atoms with E-state index in [1.165, 1.54) is 5.56 Å². The number of nitrogens with two attached hydrogens (primary N) is 1. The summed E-state index contributed by atoms with van der Waals surface area (Å²) in [6, 6.07) is 5.89. The van der Waals surface area contributed by atoms with Gasteiger partial charge in [-0.2, -0.15) is 0 Å². The fourth-order valence-corrected chi connectivity index (χ4v) is 1.90. The molecular weight excluding hydrogens is 280 g/mol. The Morgan fingerprint density at radius 3 is 2.76 bits per heavy atom. The van der Waals surface area contributed by atoms with Gasteiger partial charge in [0.2, 0.25) is 0 Å². The number of halogens is 1. The van der Waals surface area contributed by atoms with Gasteiger partial charge in [-0.25, -0.2) is 0 Å². The van der Waals surface area contributed by atoms with E-state index in [4.69, 9.17) is 10.5 Å². The van der Waals surface area contributed by atoms with E-state index in [-0.39, 0.29) is 0 Å². The first-order valence-corrected chi connectivity index (χ1v) is 6.62. The van der Waals surface area contributed by atoms with Crippen molar-refractivity contribution in [3.63, 3.8) is 0 Å². The van der Waals surface area contributed by atoms with Crippen LogP contribution >= 0.6 is 15.9 Å². The zero-order chi connectivity index (χ0) is 12.8. The number of hydrogen-bond donors (Lipinski definition) is 1. The van der Waals surface area contributed by atoms with Gasteiger partial charge in [0.05, 0.1) is 12.7 Å². The van der Waals surface area contributed by atoms with Crippen LogP contribution in [0.2, 0.25) is 0 Å². The Kier molecular flexibility index (Phi) is 5.95. The Morgan fingerprint density at radius 1 is 1.41 bits per heavy atom. The number of nitrogen functional groups attached to an aromatic ring is 1. The predicted octanol–water partition coefficient (Wildman–Crippen LogP) is 2.89. The summed E-state index contributed by atoms with van der Waals surface area (Å²) < 4.78 is 6.63. The molecule has 17 heavy (non-hydrogen) atoms. The van der Waals surface area contributed by atoms with Gasteiger partial charge in [-0.3, -0.25) is 4.90 Å². The average Bonchev–Trinajstić information content (AvgIpc) is 2.23. The fourth-order valence-electron chi connectivity index (χ4n) is 1.53. The van der Waals surface area contributed by atoms with Crippen LogP contribution in [-0.2, 0) is 11.3 Å². The Bertz CT molecular complexity index is 355. The van der Waals surface area contributed by atoms with E-state index in [2.05, 4.69) is 41.7 Å². The summed E-state index contributed by atoms with van der Waals surface area (Å²) in [6.45, 7) is 6.64. The zero-order valence-corrected chi connectivity index (χ0v) is 12.3. The van der Waals surface area contributed by atoms with Gasteiger partial charge in [-0.1, -0.05) is 15.9 Å². The van der Waals surface area contributed by atoms with Gasteiger partial charge in [0.15, 0.2) is 0 Å². The van der Waals surface area contributed by atoms with Gasteiger partial charge in [-0.05, 0) is 44.7 Å². The minimum absolute atomic E-state index is 0.294. The topological polar surface area (TPSA) is 38.5 Å². The molecule has 0 amide bonds. The van der Waals surface area contributed by atoms with Crippen LogP contribution in [0, 0.1) is 0 Å². The molecule has 0 saturated heterocycles. The molecule has 96 valence electrons. The summed E-state index contributed by atoms with van der Waals surface area (Å²) in [5.74, 6) is 0. The van der Waals surface area contributed by atoms with Crippen LogP contribution in [0.25, 0.3) is 0 Å². The van der Waals surface area contributed by atoms with Crippen molar-refractivity contribution < 1.29 is 4.74 Å². The van der Waals surface area contributed by atoms with Crippen LogP contribution < -0.4 is 5.73 Å².